The lowest BCUT2D eigenvalue weighted by Gasteiger charge is -2.18. The Morgan fingerprint density at radius 1 is 1.00 bits per heavy atom. The normalized spacial score (nSPS) is 32.9. The number of rotatable bonds is 2. The third kappa shape index (κ3) is 1.53. The van der Waals surface area contributed by atoms with Gasteiger partial charge in [-0.25, -0.2) is 4.90 Å². The third-order valence-electron chi connectivity index (χ3n) is 4.27. The van der Waals surface area contributed by atoms with Gasteiger partial charge in [-0.3, -0.25) is 9.59 Å². The minimum Gasteiger partial charge on any atom is -0.545 e. The molecule has 0 unspecified atom stereocenters. The number of amides is 2. The second-order valence-corrected chi connectivity index (χ2v) is 5.35. The van der Waals surface area contributed by atoms with Crippen LogP contribution in [0.4, 0.5) is 5.69 Å². The summed E-state index contributed by atoms with van der Waals surface area (Å²) in [6.45, 7) is 0. The van der Waals surface area contributed by atoms with Crippen molar-refractivity contribution >= 4 is 23.5 Å². The molecule has 106 valence electrons. The fraction of sp³-hybridized carbons (Fsp3) is 0.267. The van der Waals surface area contributed by atoms with E-state index < -0.39 is 17.8 Å². The van der Waals surface area contributed by atoms with Gasteiger partial charge in [-0.05, 0) is 17.7 Å². The Morgan fingerprint density at radius 3 is 2.00 bits per heavy atom. The molecule has 2 amide bonds. The minimum atomic E-state index is -1.30. The van der Waals surface area contributed by atoms with Gasteiger partial charge in [0.25, 0.3) is 0 Å². The maximum atomic E-state index is 12.5. The van der Waals surface area contributed by atoms with Crippen LogP contribution in [-0.4, -0.2) is 30.0 Å². The van der Waals surface area contributed by atoms with Crippen LogP contribution in [0.15, 0.2) is 36.4 Å². The van der Waals surface area contributed by atoms with Crippen LogP contribution >= 0.6 is 0 Å². The van der Waals surface area contributed by atoms with Crippen molar-refractivity contribution in [3.63, 3.8) is 0 Å². The van der Waals surface area contributed by atoms with Gasteiger partial charge in [-0.15, -0.1) is 0 Å². The molecule has 4 atom stereocenters. The van der Waals surface area contributed by atoms with Gasteiger partial charge >= 0.3 is 0 Å². The molecule has 0 aliphatic carbocycles. The van der Waals surface area contributed by atoms with E-state index in [-0.39, 0.29) is 29.6 Å². The van der Waals surface area contributed by atoms with E-state index >= 15 is 0 Å². The first-order valence-corrected chi connectivity index (χ1v) is 6.61. The maximum absolute atomic E-state index is 12.5. The molecule has 4 rings (SSSR count). The van der Waals surface area contributed by atoms with Crippen molar-refractivity contribution in [2.24, 2.45) is 11.8 Å². The van der Waals surface area contributed by atoms with Crippen molar-refractivity contribution in [1.82, 2.24) is 0 Å². The van der Waals surface area contributed by atoms with E-state index in [4.69, 9.17) is 4.74 Å². The molecule has 21 heavy (non-hydrogen) atoms. The molecular formula is C15H10NO5-. The molecule has 2 fully saturated rings. The van der Waals surface area contributed by atoms with Gasteiger partial charge in [0.1, 0.15) is 0 Å². The quantitative estimate of drug-likeness (QED) is 0.539. The number of imide groups is 1. The van der Waals surface area contributed by atoms with E-state index in [0.29, 0.717) is 5.69 Å². The number of fused-ring (bicyclic) bond motifs is 5. The Hall–Kier alpha value is -2.47. The number of hydrogen-bond acceptors (Lipinski definition) is 5. The van der Waals surface area contributed by atoms with E-state index in [9.17, 15) is 19.5 Å². The largest absolute Gasteiger partial charge is 0.545 e. The van der Waals surface area contributed by atoms with Gasteiger partial charge < -0.3 is 14.6 Å². The summed E-state index contributed by atoms with van der Waals surface area (Å²) in [5, 5.41) is 10.7. The highest BCUT2D eigenvalue weighted by molar-refractivity contribution is 6.23. The molecule has 0 N–H and O–H groups in total. The molecular weight excluding hydrogens is 274 g/mol. The fourth-order valence-corrected chi connectivity index (χ4v) is 3.30. The number of nitrogens with zero attached hydrogens (tertiary/aromatic N) is 1. The fourth-order valence-electron chi connectivity index (χ4n) is 3.30. The van der Waals surface area contributed by atoms with Crippen LogP contribution in [0.2, 0.25) is 0 Å². The van der Waals surface area contributed by atoms with Crippen LogP contribution < -0.4 is 10.0 Å². The lowest BCUT2D eigenvalue weighted by Crippen LogP contribution is -2.34. The molecule has 6 nitrogen and oxygen atoms in total. The van der Waals surface area contributed by atoms with Crippen molar-refractivity contribution in [2.75, 3.05) is 4.90 Å². The first kappa shape index (κ1) is 12.3. The average molecular weight is 284 g/mol. The predicted molar refractivity (Wildman–Crippen MR) is 68.0 cm³/mol. The van der Waals surface area contributed by atoms with Gasteiger partial charge in [-0.2, -0.15) is 0 Å². The number of carboxylic acid groups (broad SMARTS) is 1. The smallest absolute Gasteiger partial charge is 0.240 e. The monoisotopic (exact) mass is 284 g/mol. The van der Waals surface area contributed by atoms with E-state index in [0.717, 1.165) is 4.90 Å². The molecule has 0 saturated carbocycles. The van der Waals surface area contributed by atoms with E-state index in [1.54, 1.807) is 0 Å². The van der Waals surface area contributed by atoms with Gasteiger partial charge in [0, 0.05) is 0 Å². The van der Waals surface area contributed by atoms with Crippen LogP contribution in [0.1, 0.15) is 10.4 Å². The molecule has 0 radical (unpaired) electrons. The summed E-state index contributed by atoms with van der Waals surface area (Å²) in [6.07, 6.45) is 2.98. The highest BCUT2D eigenvalue weighted by Crippen LogP contribution is 2.46. The molecule has 0 aromatic heterocycles. The van der Waals surface area contributed by atoms with Crippen LogP contribution in [0, 0.1) is 11.8 Å². The summed E-state index contributed by atoms with van der Waals surface area (Å²) in [5.74, 6) is -2.80. The first-order chi connectivity index (χ1) is 10.1. The number of carboxylic acids is 1. The number of ether oxygens (including phenoxy) is 1. The predicted octanol–water partition coefficient (Wildman–Crippen LogP) is -0.507. The first-order valence-electron chi connectivity index (χ1n) is 6.61. The molecule has 2 bridgehead atoms. The summed E-state index contributed by atoms with van der Waals surface area (Å²) in [6, 6.07) is 5.53. The molecule has 3 aliphatic heterocycles. The molecule has 1 aromatic carbocycles. The lowest BCUT2D eigenvalue weighted by molar-refractivity contribution is -0.255. The number of hydrogen-bond donors (Lipinski definition) is 0. The molecule has 1 aromatic rings. The summed E-state index contributed by atoms with van der Waals surface area (Å²) < 4.78 is 5.55. The van der Waals surface area contributed by atoms with E-state index in [1.165, 1.54) is 24.3 Å². The molecule has 3 heterocycles. The van der Waals surface area contributed by atoms with Crippen molar-refractivity contribution in [3.05, 3.63) is 42.0 Å². The average Bonchev–Trinajstić information content (AvgIpc) is 3.13. The highest BCUT2D eigenvalue weighted by atomic mass is 16.5. The molecule has 6 heteroatoms. The molecule has 3 aliphatic rings. The minimum absolute atomic E-state index is 0.00288. The van der Waals surface area contributed by atoms with Gasteiger partial charge in [0.05, 0.1) is 35.7 Å². The standard InChI is InChI=1S/C15H11NO5/c17-13-11-9-5-6-10(21-9)12(11)14(18)16(13)8-3-1-7(2-4-8)15(19)20/h1-6,9-12H,(H,19,20)/p-1/t9-,10+,11+,12-. The zero-order chi connectivity index (χ0) is 14.7. The summed E-state index contributed by atoms with van der Waals surface area (Å²) >= 11 is 0. The zero-order valence-corrected chi connectivity index (χ0v) is 10.8. The Balaban J connectivity index is 1.69. The lowest BCUT2D eigenvalue weighted by atomic mass is 9.85. The second kappa shape index (κ2) is 4.02. The zero-order valence-electron chi connectivity index (χ0n) is 10.8. The van der Waals surface area contributed by atoms with Gasteiger partial charge in [0.2, 0.25) is 11.8 Å². The SMILES string of the molecule is O=C([O-])c1ccc(N2C(=O)[C@@H]3[C@H](C2=O)[C@@H]2C=C[C@H]3O2)cc1. The summed E-state index contributed by atoms with van der Waals surface area (Å²) in [5.41, 5.74) is 0.381. The van der Waals surface area contributed by atoms with Crippen LogP contribution in [-0.2, 0) is 14.3 Å². The number of benzene rings is 1. The van der Waals surface area contributed by atoms with Crippen molar-refractivity contribution in [3.8, 4) is 0 Å². The topological polar surface area (TPSA) is 86.7 Å². The van der Waals surface area contributed by atoms with Crippen LogP contribution in [0.5, 0.6) is 0 Å². The number of aromatic carboxylic acids is 1. The Bertz CT molecular complexity index is 663. The summed E-state index contributed by atoms with van der Waals surface area (Å²) in [4.78, 5) is 36.8. The second-order valence-electron chi connectivity index (χ2n) is 5.35. The van der Waals surface area contributed by atoms with Gasteiger partial charge in [-0.1, -0.05) is 24.3 Å². The van der Waals surface area contributed by atoms with Crippen molar-refractivity contribution in [1.29, 1.82) is 0 Å². The van der Waals surface area contributed by atoms with Crippen LogP contribution in [0.25, 0.3) is 0 Å². The van der Waals surface area contributed by atoms with Crippen LogP contribution in [0.3, 0.4) is 0 Å². The van der Waals surface area contributed by atoms with E-state index in [1.807, 2.05) is 12.2 Å². The number of carbonyl (C=O) groups is 3. The molecule has 0 spiro atoms. The third-order valence-corrected chi connectivity index (χ3v) is 4.27. The summed E-state index contributed by atoms with van der Waals surface area (Å²) in [7, 11) is 0. The maximum Gasteiger partial charge on any atom is 0.240 e. The van der Waals surface area contributed by atoms with E-state index in [2.05, 4.69) is 0 Å². The Labute approximate surface area is 119 Å². The number of anilines is 1. The number of carbonyl (C=O) groups excluding carboxylic acids is 3. The van der Waals surface area contributed by atoms with Crippen molar-refractivity contribution < 1.29 is 24.2 Å². The van der Waals surface area contributed by atoms with Crippen molar-refractivity contribution in [2.45, 2.75) is 12.2 Å². The Kier molecular flexibility index (Phi) is 2.35. The highest BCUT2D eigenvalue weighted by Gasteiger charge is 2.60. The molecule has 2 saturated heterocycles. The Morgan fingerprint density at radius 2 is 1.52 bits per heavy atom. The van der Waals surface area contributed by atoms with Gasteiger partial charge in [0.15, 0.2) is 0 Å².